The van der Waals surface area contributed by atoms with Gasteiger partial charge in [-0.2, -0.15) is 11.8 Å². The Morgan fingerprint density at radius 1 is 1.50 bits per heavy atom. The van der Waals surface area contributed by atoms with Crippen molar-refractivity contribution in [3.05, 3.63) is 0 Å². The maximum Gasteiger partial charge on any atom is 0.0681 e. The van der Waals surface area contributed by atoms with Crippen LogP contribution in [0.3, 0.4) is 0 Å². The highest BCUT2D eigenvalue weighted by Gasteiger charge is 2.13. The van der Waals surface area contributed by atoms with Gasteiger partial charge < -0.3 is 10.2 Å². The van der Waals surface area contributed by atoms with Crippen molar-refractivity contribution in [2.75, 3.05) is 12.4 Å². The second-order valence-corrected chi connectivity index (χ2v) is 4.54. The Labute approximate surface area is 66.6 Å². The second kappa shape index (κ2) is 4.21. The Bertz CT molecular complexity index is 88.1. The van der Waals surface area contributed by atoms with E-state index in [4.69, 9.17) is 5.11 Å². The van der Waals surface area contributed by atoms with Gasteiger partial charge in [0, 0.05) is 11.0 Å². The lowest BCUT2D eigenvalue weighted by molar-refractivity contribution is 0.107. The van der Waals surface area contributed by atoms with Crippen LogP contribution >= 0.6 is 11.8 Å². The van der Waals surface area contributed by atoms with Crippen molar-refractivity contribution in [1.82, 2.24) is 0 Å². The number of hydrogen-bond donors (Lipinski definition) is 2. The molecule has 0 saturated carbocycles. The number of thioether (sulfide) groups is 1. The van der Waals surface area contributed by atoms with E-state index in [0.29, 0.717) is 5.75 Å². The first-order valence-electron chi connectivity index (χ1n) is 3.40. The minimum atomic E-state index is -0.617. The molecule has 0 bridgehead atoms. The normalized spacial score (nSPS) is 15.3. The molecule has 0 aliphatic heterocycles. The number of aliphatic hydroxyl groups excluding tert-OH is 1. The molecule has 0 fully saturated rings. The van der Waals surface area contributed by atoms with E-state index in [-0.39, 0.29) is 11.9 Å². The van der Waals surface area contributed by atoms with E-state index >= 15 is 0 Å². The number of rotatable bonds is 4. The molecule has 1 atom stereocenters. The van der Waals surface area contributed by atoms with Gasteiger partial charge in [0.1, 0.15) is 0 Å². The van der Waals surface area contributed by atoms with E-state index in [1.165, 1.54) is 0 Å². The van der Waals surface area contributed by atoms with Gasteiger partial charge in [-0.15, -0.1) is 0 Å². The summed E-state index contributed by atoms with van der Waals surface area (Å²) in [5.74, 6) is 0.675. The predicted octanol–water partition coefficient (Wildman–Crippen LogP) is 0.871. The van der Waals surface area contributed by atoms with Crippen LogP contribution < -0.4 is 0 Å². The van der Waals surface area contributed by atoms with Crippen LogP contribution in [-0.4, -0.2) is 33.4 Å². The lowest BCUT2D eigenvalue weighted by atomic mass is 10.2. The standard InChI is InChI=1S/C7H16O2S/c1-6(4-8)10-5-7(2,3)9/h6,8-9H,4-5H2,1-3H3. The highest BCUT2D eigenvalue weighted by Crippen LogP contribution is 2.16. The van der Waals surface area contributed by atoms with Crippen molar-refractivity contribution in [3.8, 4) is 0 Å². The molecule has 0 rings (SSSR count). The quantitative estimate of drug-likeness (QED) is 0.648. The SMILES string of the molecule is CC(CO)SCC(C)(C)O. The fourth-order valence-corrected chi connectivity index (χ4v) is 1.20. The summed E-state index contributed by atoms with van der Waals surface area (Å²) in [6.45, 7) is 5.66. The van der Waals surface area contributed by atoms with Crippen molar-refractivity contribution < 1.29 is 10.2 Å². The molecule has 10 heavy (non-hydrogen) atoms. The average Bonchev–Trinajstić information content (AvgIpc) is 1.81. The van der Waals surface area contributed by atoms with Crippen LogP contribution in [0.25, 0.3) is 0 Å². The predicted molar refractivity (Wildman–Crippen MR) is 45.3 cm³/mol. The molecular weight excluding hydrogens is 148 g/mol. The molecule has 62 valence electrons. The van der Waals surface area contributed by atoms with Crippen LogP contribution in [0, 0.1) is 0 Å². The highest BCUT2D eigenvalue weighted by molar-refractivity contribution is 7.99. The Morgan fingerprint density at radius 2 is 2.00 bits per heavy atom. The third-order valence-corrected chi connectivity index (χ3v) is 2.57. The average molecular weight is 164 g/mol. The smallest absolute Gasteiger partial charge is 0.0681 e. The van der Waals surface area contributed by atoms with Crippen molar-refractivity contribution in [2.24, 2.45) is 0 Å². The number of aliphatic hydroxyl groups is 2. The first-order chi connectivity index (χ1) is 4.45. The van der Waals surface area contributed by atoms with Crippen molar-refractivity contribution in [1.29, 1.82) is 0 Å². The van der Waals surface area contributed by atoms with Gasteiger partial charge in [0.15, 0.2) is 0 Å². The largest absolute Gasteiger partial charge is 0.395 e. The van der Waals surface area contributed by atoms with Crippen LogP contribution in [-0.2, 0) is 0 Å². The summed E-state index contributed by atoms with van der Waals surface area (Å²) in [6, 6.07) is 0. The summed E-state index contributed by atoms with van der Waals surface area (Å²) in [5, 5.41) is 18.1. The summed E-state index contributed by atoms with van der Waals surface area (Å²) in [4.78, 5) is 0. The van der Waals surface area contributed by atoms with Crippen LogP contribution in [0.5, 0.6) is 0 Å². The third-order valence-electron chi connectivity index (χ3n) is 0.978. The molecule has 0 saturated heterocycles. The molecule has 0 aromatic carbocycles. The lowest BCUT2D eigenvalue weighted by Gasteiger charge is -2.18. The molecule has 2 N–H and O–H groups in total. The fraction of sp³-hybridized carbons (Fsp3) is 1.00. The van der Waals surface area contributed by atoms with Gasteiger partial charge in [-0.1, -0.05) is 6.92 Å². The minimum Gasteiger partial charge on any atom is -0.395 e. The maximum atomic E-state index is 9.26. The summed E-state index contributed by atoms with van der Waals surface area (Å²) < 4.78 is 0. The van der Waals surface area contributed by atoms with E-state index in [1.807, 2.05) is 6.92 Å². The van der Waals surface area contributed by atoms with E-state index in [2.05, 4.69) is 0 Å². The van der Waals surface area contributed by atoms with Crippen molar-refractivity contribution >= 4 is 11.8 Å². The van der Waals surface area contributed by atoms with Crippen molar-refractivity contribution in [3.63, 3.8) is 0 Å². The summed E-state index contributed by atoms with van der Waals surface area (Å²) >= 11 is 1.58. The van der Waals surface area contributed by atoms with Gasteiger partial charge in [-0.05, 0) is 13.8 Å². The second-order valence-electron chi connectivity index (χ2n) is 3.12. The zero-order valence-corrected chi connectivity index (χ0v) is 7.61. The molecule has 0 amide bonds. The van der Waals surface area contributed by atoms with Gasteiger partial charge in [0.2, 0.25) is 0 Å². The molecule has 1 unspecified atom stereocenters. The molecule has 0 spiro atoms. The van der Waals surface area contributed by atoms with Gasteiger partial charge >= 0.3 is 0 Å². The van der Waals surface area contributed by atoms with Crippen LogP contribution in [0.2, 0.25) is 0 Å². The van der Waals surface area contributed by atoms with E-state index in [1.54, 1.807) is 25.6 Å². The summed E-state index contributed by atoms with van der Waals surface area (Å²) in [5.41, 5.74) is -0.617. The molecule has 3 heteroatoms. The van der Waals surface area contributed by atoms with Gasteiger partial charge in [0.25, 0.3) is 0 Å². The molecule has 0 aliphatic rings. The minimum absolute atomic E-state index is 0.181. The molecule has 0 aliphatic carbocycles. The monoisotopic (exact) mass is 164 g/mol. The molecule has 0 aromatic rings. The molecule has 0 radical (unpaired) electrons. The zero-order valence-electron chi connectivity index (χ0n) is 6.79. The fourth-order valence-electron chi connectivity index (χ4n) is 0.399. The molecule has 0 heterocycles. The van der Waals surface area contributed by atoms with Gasteiger partial charge in [-0.25, -0.2) is 0 Å². The Morgan fingerprint density at radius 3 is 2.30 bits per heavy atom. The van der Waals surface area contributed by atoms with Crippen LogP contribution in [0.15, 0.2) is 0 Å². The van der Waals surface area contributed by atoms with E-state index in [0.717, 1.165) is 0 Å². The van der Waals surface area contributed by atoms with Crippen LogP contribution in [0.4, 0.5) is 0 Å². The Kier molecular flexibility index (Phi) is 4.32. The van der Waals surface area contributed by atoms with E-state index < -0.39 is 5.60 Å². The summed E-state index contributed by atoms with van der Waals surface area (Å²) in [6.07, 6.45) is 0. The first kappa shape index (κ1) is 10.3. The topological polar surface area (TPSA) is 40.5 Å². The molecular formula is C7H16O2S. The lowest BCUT2D eigenvalue weighted by Crippen LogP contribution is -2.23. The Balaban J connectivity index is 3.36. The molecule has 2 nitrogen and oxygen atoms in total. The van der Waals surface area contributed by atoms with E-state index in [9.17, 15) is 5.11 Å². The third kappa shape index (κ3) is 6.39. The highest BCUT2D eigenvalue weighted by atomic mass is 32.2. The zero-order chi connectivity index (χ0) is 8.20. The number of hydrogen-bond acceptors (Lipinski definition) is 3. The van der Waals surface area contributed by atoms with Gasteiger partial charge in [0.05, 0.1) is 12.2 Å². The van der Waals surface area contributed by atoms with Gasteiger partial charge in [-0.3, -0.25) is 0 Å². The Hall–Kier alpha value is 0.270. The van der Waals surface area contributed by atoms with Crippen molar-refractivity contribution in [2.45, 2.75) is 31.6 Å². The van der Waals surface area contributed by atoms with Crippen LogP contribution in [0.1, 0.15) is 20.8 Å². The maximum absolute atomic E-state index is 9.26. The molecule has 0 aromatic heterocycles. The summed E-state index contributed by atoms with van der Waals surface area (Å²) in [7, 11) is 0. The first-order valence-corrected chi connectivity index (χ1v) is 4.45.